The predicted octanol–water partition coefficient (Wildman–Crippen LogP) is 3.09. The van der Waals surface area contributed by atoms with Gasteiger partial charge in [0.25, 0.3) is 11.8 Å². The van der Waals surface area contributed by atoms with Crippen LogP contribution in [-0.4, -0.2) is 73.6 Å². The standard InChI is InChI=1S/C25H27N3O6.ClH/c1-27(2)11-12-34-16-8-9-18(22(14-16)33-3)26-19-6-4-5-17-23(19)25(32)28(24(17)31)20-10-7-15(29)13-21(20)30;/h4-6,8-9,14,20,26H,7,10-13H2,1-3H3;1H. The Morgan fingerprint density at radius 2 is 1.83 bits per heavy atom. The number of likely N-dealkylation sites (N-methyl/N-ethyl adjacent to an activating group) is 1. The van der Waals surface area contributed by atoms with Gasteiger partial charge < -0.3 is 19.7 Å². The zero-order valence-corrected chi connectivity index (χ0v) is 20.6. The van der Waals surface area contributed by atoms with Gasteiger partial charge in [0.1, 0.15) is 23.9 Å². The summed E-state index contributed by atoms with van der Waals surface area (Å²) in [6.45, 7) is 1.29. The monoisotopic (exact) mass is 501 g/mol. The Bertz CT molecular complexity index is 1170. The second-order valence-electron chi connectivity index (χ2n) is 8.58. The summed E-state index contributed by atoms with van der Waals surface area (Å²) in [5, 5.41) is 3.19. The molecule has 0 aromatic heterocycles. The van der Waals surface area contributed by atoms with Crippen LogP contribution >= 0.6 is 12.4 Å². The van der Waals surface area contributed by atoms with Gasteiger partial charge in [0.05, 0.1) is 42.1 Å². The van der Waals surface area contributed by atoms with Gasteiger partial charge in [-0.25, -0.2) is 0 Å². The van der Waals surface area contributed by atoms with Crippen LogP contribution < -0.4 is 14.8 Å². The van der Waals surface area contributed by atoms with Crippen molar-refractivity contribution in [3.05, 3.63) is 47.5 Å². The van der Waals surface area contributed by atoms with Crippen molar-refractivity contribution in [2.45, 2.75) is 25.3 Å². The van der Waals surface area contributed by atoms with Gasteiger partial charge in [-0.05, 0) is 44.8 Å². The number of carbonyl (C=O) groups is 4. The van der Waals surface area contributed by atoms with Gasteiger partial charge >= 0.3 is 0 Å². The molecule has 1 atom stereocenters. The van der Waals surface area contributed by atoms with Crippen molar-refractivity contribution in [3.8, 4) is 11.5 Å². The summed E-state index contributed by atoms with van der Waals surface area (Å²) < 4.78 is 11.3. The lowest BCUT2D eigenvalue weighted by molar-refractivity contribution is -0.132. The fraction of sp³-hybridized carbons (Fsp3) is 0.360. The largest absolute Gasteiger partial charge is 0.494 e. The number of ketones is 2. The van der Waals surface area contributed by atoms with E-state index in [1.54, 1.807) is 36.4 Å². The highest BCUT2D eigenvalue weighted by molar-refractivity contribution is 6.26. The number of anilines is 2. The van der Waals surface area contributed by atoms with Crippen molar-refractivity contribution < 1.29 is 28.7 Å². The summed E-state index contributed by atoms with van der Waals surface area (Å²) in [5.74, 6) is -0.473. The van der Waals surface area contributed by atoms with E-state index in [4.69, 9.17) is 9.47 Å². The number of rotatable bonds is 8. The number of carbonyl (C=O) groups excluding carboxylic acids is 4. The SMILES string of the molecule is COc1cc(OCCN(C)C)ccc1Nc1cccc2c1C(=O)N(C1CCC(=O)CC1=O)C2=O.Cl. The van der Waals surface area contributed by atoms with Crippen LogP contribution in [0.25, 0.3) is 0 Å². The number of halogens is 1. The number of benzene rings is 2. The third kappa shape index (κ3) is 5.31. The van der Waals surface area contributed by atoms with E-state index in [2.05, 4.69) is 5.32 Å². The van der Waals surface area contributed by atoms with Crippen molar-refractivity contribution in [2.24, 2.45) is 0 Å². The molecule has 0 saturated heterocycles. The molecule has 186 valence electrons. The Labute approximate surface area is 209 Å². The molecule has 0 radical (unpaired) electrons. The van der Waals surface area contributed by atoms with E-state index < -0.39 is 23.6 Å². The van der Waals surface area contributed by atoms with Crippen LogP contribution in [0.1, 0.15) is 40.0 Å². The first-order valence-electron chi connectivity index (χ1n) is 11.1. The summed E-state index contributed by atoms with van der Waals surface area (Å²) >= 11 is 0. The third-order valence-electron chi connectivity index (χ3n) is 5.95. The molecule has 1 N–H and O–H groups in total. The molecule has 1 saturated carbocycles. The van der Waals surface area contributed by atoms with E-state index in [1.807, 2.05) is 19.0 Å². The minimum absolute atomic E-state index is 0. The van der Waals surface area contributed by atoms with Gasteiger partial charge in [-0.3, -0.25) is 24.1 Å². The Kier molecular flexibility index (Phi) is 8.14. The number of hydrogen-bond donors (Lipinski definition) is 1. The number of amides is 2. The highest BCUT2D eigenvalue weighted by Crippen LogP contribution is 2.37. The summed E-state index contributed by atoms with van der Waals surface area (Å²) in [6.07, 6.45) is 0.0907. The lowest BCUT2D eigenvalue weighted by Gasteiger charge is -2.27. The van der Waals surface area contributed by atoms with Crippen molar-refractivity contribution in [2.75, 3.05) is 39.7 Å². The van der Waals surface area contributed by atoms with E-state index in [1.165, 1.54) is 7.11 Å². The number of methoxy groups -OCH3 is 1. The lowest BCUT2D eigenvalue weighted by Crippen LogP contribution is -2.47. The Morgan fingerprint density at radius 3 is 2.51 bits per heavy atom. The van der Waals surface area contributed by atoms with E-state index >= 15 is 0 Å². The van der Waals surface area contributed by atoms with Crippen LogP contribution in [-0.2, 0) is 9.59 Å². The molecule has 9 nitrogen and oxygen atoms in total. The molecule has 1 aliphatic carbocycles. The third-order valence-corrected chi connectivity index (χ3v) is 5.95. The maximum absolute atomic E-state index is 13.3. The maximum Gasteiger partial charge on any atom is 0.264 e. The second-order valence-corrected chi connectivity index (χ2v) is 8.58. The molecule has 2 aromatic rings. The second kappa shape index (κ2) is 10.9. The predicted molar refractivity (Wildman–Crippen MR) is 132 cm³/mol. The van der Waals surface area contributed by atoms with Crippen LogP contribution in [0.15, 0.2) is 36.4 Å². The molecule has 2 amide bonds. The minimum atomic E-state index is -0.911. The zero-order chi connectivity index (χ0) is 24.4. The zero-order valence-electron chi connectivity index (χ0n) is 19.8. The first-order valence-corrected chi connectivity index (χ1v) is 11.1. The van der Waals surface area contributed by atoms with E-state index in [-0.39, 0.29) is 48.6 Å². The van der Waals surface area contributed by atoms with E-state index in [0.717, 1.165) is 11.4 Å². The number of ether oxygens (including phenoxy) is 2. The van der Waals surface area contributed by atoms with Crippen molar-refractivity contribution >= 4 is 47.2 Å². The number of imide groups is 1. The van der Waals surface area contributed by atoms with Crippen molar-refractivity contribution in [1.29, 1.82) is 0 Å². The van der Waals surface area contributed by atoms with Crippen molar-refractivity contribution in [1.82, 2.24) is 9.80 Å². The van der Waals surface area contributed by atoms with Crippen molar-refractivity contribution in [3.63, 3.8) is 0 Å². The van der Waals surface area contributed by atoms with Crippen LogP contribution in [0.4, 0.5) is 11.4 Å². The molecule has 1 fully saturated rings. The molecule has 35 heavy (non-hydrogen) atoms. The first-order chi connectivity index (χ1) is 16.3. The molecule has 4 rings (SSSR count). The summed E-state index contributed by atoms with van der Waals surface area (Å²) in [5.41, 5.74) is 1.44. The summed E-state index contributed by atoms with van der Waals surface area (Å²) in [7, 11) is 5.46. The number of hydrogen-bond acceptors (Lipinski definition) is 8. The Morgan fingerprint density at radius 1 is 1.06 bits per heavy atom. The van der Waals surface area contributed by atoms with Crippen LogP contribution in [0, 0.1) is 0 Å². The normalized spacial score (nSPS) is 17.4. The maximum atomic E-state index is 13.3. The number of Topliss-reactive ketones (excluding diaryl/α,β-unsaturated/α-hetero) is 2. The fourth-order valence-corrected chi connectivity index (χ4v) is 4.18. The van der Waals surface area contributed by atoms with Crippen LogP contribution in [0.3, 0.4) is 0 Å². The number of fused-ring (bicyclic) bond motifs is 1. The minimum Gasteiger partial charge on any atom is -0.494 e. The van der Waals surface area contributed by atoms with Gasteiger partial charge in [0.15, 0.2) is 5.78 Å². The van der Waals surface area contributed by atoms with Gasteiger partial charge in [-0.15, -0.1) is 12.4 Å². The average molecular weight is 502 g/mol. The molecule has 1 aliphatic heterocycles. The first kappa shape index (κ1) is 26.2. The smallest absolute Gasteiger partial charge is 0.264 e. The highest BCUT2D eigenvalue weighted by Gasteiger charge is 2.45. The molecule has 1 unspecified atom stereocenters. The number of nitrogens with zero attached hydrogens (tertiary/aromatic N) is 2. The number of nitrogens with one attached hydrogen (secondary N) is 1. The summed E-state index contributed by atoms with van der Waals surface area (Å²) in [6, 6.07) is 9.34. The fourth-order valence-electron chi connectivity index (χ4n) is 4.18. The summed E-state index contributed by atoms with van der Waals surface area (Å²) in [4.78, 5) is 53.4. The van der Waals surface area contributed by atoms with Gasteiger partial charge in [-0.1, -0.05) is 6.07 Å². The van der Waals surface area contributed by atoms with E-state index in [0.29, 0.717) is 29.5 Å². The lowest BCUT2D eigenvalue weighted by atomic mass is 9.92. The molecular weight excluding hydrogens is 474 g/mol. The molecular formula is C25H28ClN3O6. The van der Waals surface area contributed by atoms with Gasteiger partial charge in [0, 0.05) is 19.0 Å². The quantitative estimate of drug-likeness (QED) is 0.434. The van der Waals surface area contributed by atoms with Gasteiger partial charge in [0.2, 0.25) is 0 Å². The van der Waals surface area contributed by atoms with Gasteiger partial charge in [-0.2, -0.15) is 0 Å². The van der Waals surface area contributed by atoms with E-state index in [9.17, 15) is 19.2 Å². The molecule has 10 heteroatoms. The Balaban J connectivity index is 0.00000342. The Hall–Kier alpha value is -3.43. The molecule has 0 spiro atoms. The topological polar surface area (TPSA) is 105 Å². The molecule has 1 heterocycles. The van der Waals surface area contributed by atoms with Crippen LogP contribution in [0.2, 0.25) is 0 Å². The highest BCUT2D eigenvalue weighted by atomic mass is 35.5. The average Bonchev–Trinajstić information content (AvgIpc) is 3.05. The molecule has 2 aromatic carbocycles. The van der Waals surface area contributed by atoms with Crippen LogP contribution in [0.5, 0.6) is 11.5 Å². The molecule has 0 bridgehead atoms. The molecule has 2 aliphatic rings.